The Morgan fingerprint density at radius 3 is 2.29 bits per heavy atom. The molecule has 0 radical (unpaired) electrons. The summed E-state index contributed by atoms with van der Waals surface area (Å²) in [5.74, 6) is 0.0610. The monoisotopic (exact) mass is 552 g/mol. The van der Waals surface area contributed by atoms with Gasteiger partial charge in [0.2, 0.25) is 5.91 Å². The number of carbonyl (C=O) groups excluding carboxylic acids is 2. The molecule has 2 aromatic carbocycles. The highest BCUT2D eigenvalue weighted by Crippen LogP contribution is 2.40. The fourth-order valence-corrected chi connectivity index (χ4v) is 7.23. The van der Waals surface area contributed by atoms with Crippen molar-refractivity contribution in [3.05, 3.63) is 64.7 Å². The van der Waals surface area contributed by atoms with Crippen LogP contribution in [0, 0.1) is 6.92 Å². The Labute approximate surface area is 235 Å². The molecular formula is C30H37ClN4O2S. The Kier molecular flexibility index (Phi) is 8.64. The van der Waals surface area contributed by atoms with Gasteiger partial charge in [-0.1, -0.05) is 78.9 Å². The number of nitrogens with zero attached hydrogens (tertiary/aromatic N) is 3. The molecule has 38 heavy (non-hydrogen) atoms. The van der Waals surface area contributed by atoms with Crippen LogP contribution in [0.3, 0.4) is 0 Å². The van der Waals surface area contributed by atoms with Crippen molar-refractivity contribution in [2.24, 2.45) is 4.99 Å². The molecule has 1 atom stereocenters. The second-order valence-corrected chi connectivity index (χ2v) is 12.1. The van der Waals surface area contributed by atoms with E-state index in [4.69, 9.17) is 16.6 Å². The zero-order valence-electron chi connectivity index (χ0n) is 22.1. The molecule has 1 N–H and O–H groups in total. The van der Waals surface area contributed by atoms with Crippen molar-refractivity contribution in [3.63, 3.8) is 0 Å². The number of aryl methyl sites for hydroxylation is 1. The molecule has 202 valence electrons. The van der Waals surface area contributed by atoms with Crippen molar-refractivity contribution >= 4 is 46.0 Å². The molecule has 8 heteroatoms. The molecule has 0 spiro atoms. The van der Waals surface area contributed by atoms with Crippen LogP contribution in [-0.4, -0.2) is 53.3 Å². The van der Waals surface area contributed by atoms with Crippen molar-refractivity contribution in [2.45, 2.75) is 69.9 Å². The van der Waals surface area contributed by atoms with Crippen LogP contribution < -0.4 is 10.2 Å². The van der Waals surface area contributed by atoms with Crippen molar-refractivity contribution in [2.75, 3.05) is 30.3 Å². The highest BCUT2D eigenvalue weighted by molar-refractivity contribution is 8.13. The van der Waals surface area contributed by atoms with Gasteiger partial charge >= 0.3 is 0 Å². The van der Waals surface area contributed by atoms with E-state index in [1.165, 1.54) is 12.8 Å². The number of thioether (sulfide) groups is 1. The first-order valence-electron chi connectivity index (χ1n) is 13.9. The van der Waals surface area contributed by atoms with Gasteiger partial charge in [0.25, 0.3) is 5.91 Å². The molecule has 2 amide bonds. The minimum atomic E-state index is -1.24. The minimum Gasteiger partial charge on any atom is -0.351 e. The molecule has 1 saturated carbocycles. The normalized spacial score (nSPS) is 24.8. The highest BCUT2D eigenvalue weighted by Gasteiger charge is 2.50. The first-order valence-corrected chi connectivity index (χ1v) is 15.2. The minimum absolute atomic E-state index is 0.00816. The molecule has 1 saturated heterocycles. The maximum absolute atomic E-state index is 14.7. The summed E-state index contributed by atoms with van der Waals surface area (Å²) in [5, 5.41) is 4.87. The van der Waals surface area contributed by atoms with E-state index in [1.807, 2.05) is 43.3 Å². The van der Waals surface area contributed by atoms with Gasteiger partial charge in [-0.2, -0.15) is 0 Å². The summed E-state index contributed by atoms with van der Waals surface area (Å²) >= 11 is 7.83. The molecule has 2 aromatic rings. The van der Waals surface area contributed by atoms with Crippen molar-refractivity contribution in [3.8, 4) is 0 Å². The summed E-state index contributed by atoms with van der Waals surface area (Å²) < 4.78 is 0. The Morgan fingerprint density at radius 1 is 0.974 bits per heavy atom. The van der Waals surface area contributed by atoms with Crippen molar-refractivity contribution < 1.29 is 9.59 Å². The number of amides is 2. The molecule has 6 nitrogen and oxygen atoms in total. The molecule has 2 fully saturated rings. The third-order valence-corrected chi connectivity index (χ3v) is 9.41. The van der Waals surface area contributed by atoms with Crippen LogP contribution in [0.5, 0.6) is 0 Å². The van der Waals surface area contributed by atoms with Crippen molar-refractivity contribution in [1.82, 2.24) is 10.2 Å². The number of likely N-dealkylation sites (tertiary alicyclic amines) is 1. The summed E-state index contributed by atoms with van der Waals surface area (Å²) in [5.41, 5.74) is 1.33. The van der Waals surface area contributed by atoms with Crippen LogP contribution in [0.1, 0.15) is 62.5 Å². The number of carbonyl (C=O) groups is 2. The standard InChI is InChI=1S/C30H37ClN4O2S/c1-22-10-12-23(13-11-22)30(28(37)33-25-8-4-2-3-5-9-25)21-38-29(34-18-6-7-19-34)32-20-27(36)35(30)26-16-14-24(31)15-17-26/h10-17,25H,2-9,18-21H2,1H3,(H,33,37)/b32-29-. The lowest BCUT2D eigenvalue weighted by Crippen LogP contribution is -2.63. The van der Waals surface area contributed by atoms with Gasteiger partial charge in [0.15, 0.2) is 10.7 Å². The molecule has 5 rings (SSSR count). The molecule has 2 aliphatic heterocycles. The molecular weight excluding hydrogens is 516 g/mol. The van der Waals surface area contributed by atoms with Gasteiger partial charge in [0, 0.05) is 35.6 Å². The van der Waals surface area contributed by atoms with Gasteiger partial charge in [-0.25, -0.2) is 0 Å². The van der Waals surface area contributed by atoms with Gasteiger partial charge in [-0.05, 0) is 62.4 Å². The van der Waals surface area contributed by atoms with Gasteiger partial charge in [0.05, 0.1) is 0 Å². The fraction of sp³-hybridized carbons (Fsp3) is 0.500. The summed E-state index contributed by atoms with van der Waals surface area (Å²) in [7, 11) is 0. The average molecular weight is 553 g/mol. The number of anilines is 1. The summed E-state index contributed by atoms with van der Waals surface area (Å²) in [6.07, 6.45) is 8.82. The molecule has 3 aliphatic rings. The zero-order valence-corrected chi connectivity index (χ0v) is 23.7. The smallest absolute Gasteiger partial charge is 0.252 e. The second kappa shape index (κ2) is 12.1. The van der Waals surface area contributed by atoms with Crippen LogP contribution >= 0.6 is 23.4 Å². The number of hydrogen-bond donors (Lipinski definition) is 1. The molecule has 0 aromatic heterocycles. The van der Waals surface area contributed by atoms with E-state index in [1.54, 1.807) is 28.8 Å². The average Bonchev–Trinajstić information content (AvgIpc) is 3.32. The van der Waals surface area contributed by atoms with E-state index in [0.29, 0.717) is 16.5 Å². The second-order valence-electron chi connectivity index (χ2n) is 10.7. The molecule has 0 bridgehead atoms. The molecule has 2 heterocycles. The number of nitrogens with one attached hydrogen (secondary N) is 1. The van der Waals surface area contributed by atoms with Crippen molar-refractivity contribution in [1.29, 1.82) is 0 Å². The highest BCUT2D eigenvalue weighted by atomic mass is 35.5. The third-order valence-electron chi connectivity index (χ3n) is 7.95. The quantitative estimate of drug-likeness (QED) is 0.479. The number of halogens is 1. The summed E-state index contributed by atoms with van der Waals surface area (Å²) in [6.45, 7) is 3.90. The first-order chi connectivity index (χ1) is 18.5. The van der Waals surface area contributed by atoms with Crippen LogP contribution in [0.4, 0.5) is 5.69 Å². The predicted molar refractivity (Wildman–Crippen MR) is 157 cm³/mol. The van der Waals surface area contributed by atoms with Crippen LogP contribution in [0.25, 0.3) is 0 Å². The van der Waals surface area contributed by atoms with Gasteiger partial charge in [-0.15, -0.1) is 0 Å². The fourth-order valence-electron chi connectivity index (χ4n) is 5.82. The maximum Gasteiger partial charge on any atom is 0.252 e. The van der Waals surface area contributed by atoms with E-state index in [9.17, 15) is 9.59 Å². The summed E-state index contributed by atoms with van der Waals surface area (Å²) in [4.78, 5) is 37.5. The van der Waals surface area contributed by atoms with Crippen LogP contribution in [0.2, 0.25) is 5.02 Å². The van der Waals surface area contributed by atoms with E-state index in [0.717, 1.165) is 67.9 Å². The number of hydrogen-bond acceptors (Lipinski definition) is 5. The van der Waals surface area contributed by atoms with E-state index in [2.05, 4.69) is 10.2 Å². The van der Waals surface area contributed by atoms with E-state index >= 15 is 0 Å². The Hall–Kier alpha value is -2.51. The predicted octanol–water partition coefficient (Wildman–Crippen LogP) is 5.91. The Balaban J connectivity index is 1.63. The Bertz CT molecular complexity index is 1160. The Morgan fingerprint density at radius 2 is 1.63 bits per heavy atom. The lowest BCUT2D eigenvalue weighted by molar-refractivity contribution is -0.130. The number of benzene rings is 2. The SMILES string of the molecule is Cc1ccc(C2(C(=O)NC3CCCCCC3)CS/C(N3CCCC3)=N\CC(=O)N2c2ccc(Cl)cc2)cc1. The van der Waals surface area contributed by atoms with Gasteiger partial charge in [-0.3, -0.25) is 19.5 Å². The first kappa shape index (κ1) is 27.1. The number of rotatable bonds is 4. The molecule has 1 aliphatic carbocycles. The number of amidine groups is 1. The number of aliphatic imine (C=N–C) groups is 1. The maximum atomic E-state index is 14.7. The van der Waals surface area contributed by atoms with Gasteiger partial charge in [0.1, 0.15) is 6.54 Å². The largest absolute Gasteiger partial charge is 0.351 e. The zero-order chi connectivity index (χ0) is 26.5. The lowest BCUT2D eigenvalue weighted by atomic mass is 9.86. The van der Waals surface area contributed by atoms with Crippen LogP contribution in [0.15, 0.2) is 53.5 Å². The topological polar surface area (TPSA) is 65.0 Å². The van der Waals surface area contributed by atoms with E-state index < -0.39 is 5.54 Å². The third kappa shape index (κ3) is 5.74. The van der Waals surface area contributed by atoms with Gasteiger partial charge < -0.3 is 10.2 Å². The van der Waals surface area contributed by atoms with E-state index in [-0.39, 0.29) is 24.4 Å². The van der Waals surface area contributed by atoms with Crippen LogP contribution in [-0.2, 0) is 15.1 Å². The lowest BCUT2D eigenvalue weighted by Gasteiger charge is -2.44. The summed E-state index contributed by atoms with van der Waals surface area (Å²) in [6, 6.07) is 15.4. The molecule has 1 unspecified atom stereocenters.